The van der Waals surface area contributed by atoms with Crippen LogP contribution in [0.25, 0.3) is 65.8 Å². The summed E-state index contributed by atoms with van der Waals surface area (Å²) < 4.78 is 12.6. The van der Waals surface area contributed by atoms with Gasteiger partial charge < -0.3 is 19.1 Å². The van der Waals surface area contributed by atoms with Crippen molar-refractivity contribution in [2.75, 3.05) is 10.2 Å². The third kappa shape index (κ3) is 3.02. The number of benzene rings is 6. The van der Waals surface area contributed by atoms with Crippen LogP contribution in [0.5, 0.6) is 0 Å². The fraction of sp³-hybridized carbons (Fsp3) is 0.0556. The van der Waals surface area contributed by atoms with Gasteiger partial charge in [0.25, 0.3) is 0 Å². The van der Waals surface area contributed by atoms with E-state index < -0.39 is 0 Å². The Labute approximate surface area is 230 Å². The molecule has 6 aromatic carbocycles. The lowest BCUT2D eigenvalue weighted by Crippen LogP contribution is -2.28. The number of hydrogen-bond acceptors (Lipinski definition) is 4. The highest BCUT2D eigenvalue weighted by Crippen LogP contribution is 2.42. The molecule has 2 aromatic heterocycles. The first-order chi connectivity index (χ1) is 19.7. The van der Waals surface area contributed by atoms with Gasteiger partial charge >= 0.3 is 0 Å². The maximum absolute atomic E-state index is 6.35. The first-order valence-corrected chi connectivity index (χ1v) is 13.7. The number of para-hydroxylation sites is 3. The lowest BCUT2D eigenvalue weighted by molar-refractivity contribution is 0.633. The van der Waals surface area contributed by atoms with Gasteiger partial charge in [-0.1, -0.05) is 54.6 Å². The predicted octanol–water partition coefficient (Wildman–Crippen LogP) is 10.2. The molecule has 3 heterocycles. The summed E-state index contributed by atoms with van der Waals surface area (Å²) in [5, 5.41) is 10.4. The number of anilines is 3. The third-order valence-electron chi connectivity index (χ3n) is 8.33. The molecule has 1 atom stereocenters. The zero-order chi connectivity index (χ0) is 26.4. The van der Waals surface area contributed by atoms with Gasteiger partial charge in [-0.15, -0.1) is 0 Å². The fourth-order valence-electron chi connectivity index (χ4n) is 6.43. The largest absolute Gasteiger partial charge is 0.452 e. The quantitative estimate of drug-likeness (QED) is 0.248. The summed E-state index contributed by atoms with van der Waals surface area (Å²) in [6.07, 6.45) is 0.200. The maximum Gasteiger partial charge on any atom is 0.178 e. The second-order valence-corrected chi connectivity index (χ2v) is 10.7. The summed E-state index contributed by atoms with van der Waals surface area (Å²) in [5.41, 5.74) is 9.28. The van der Waals surface area contributed by atoms with Crippen LogP contribution in [0, 0.1) is 0 Å². The Kier molecular flexibility index (Phi) is 4.28. The Morgan fingerprint density at radius 1 is 0.575 bits per heavy atom. The summed E-state index contributed by atoms with van der Waals surface area (Å²) in [4.78, 5) is 2.36. The topological polar surface area (TPSA) is 41.5 Å². The molecule has 0 fully saturated rings. The SMILES string of the molecule is CC1Nc2ccccc2N1c1ccc2cc(-c3ccc4oc5c(ccc6c7ccccc7oc65)c4c3)ccc2c1. The van der Waals surface area contributed by atoms with Gasteiger partial charge in [-0.05, 0) is 89.5 Å². The van der Waals surface area contributed by atoms with Gasteiger partial charge in [-0.25, -0.2) is 0 Å². The van der Waals surface area contributed by atoms with Crippen LogP contribution in [0.15, 0.2) is 124 Å². The van der Waals surface area contributed by atoms with Crippen LogP contribution in [-0.2, 0) is 0 Å². The highest BCUT2D eigenvalue weighted by Gasteiger charge is 2.26. The van der Waals surface area contributed by atoms with Gasteiger partial charge in [0.05, 0.1) is 11.4 Å². The highest BCUT2D eigenvalue weighted by atomic mass is 16.4. The molecule has 1 aliphatic heterocycles. The average Bonchev–Trinajstić information content (AvgIpc) is 3.66. The van der Waals surface area contributed by atoms with Gasteiger partial charge in [0.2, 0.25) is 0 Å². The molecule has 4 nitrogen and oxygen atoms in total. The second kappa shape index (κ2) is 7.90. The normalized spacial score (nSPS) is 15.0. The molecule has 1 unspecified atom stereocenters. The number of nitrogens with zero attached hydrogens (tertiary/aromatic N) is 1. The molecule has 0 saturated carbocycles. The Morgan fingerprint density at radius 2 is 1.25 bits per heavy atom. The highest BCUT2D eigenvalue weighted by molar-refractivity contribution is 6.19. The minimum atomic E-state index is 0.200. The van der Waals surface area contributed by atoms with E-state index in [2.05, 4.69) is 114 Å². The molecular weight excluding hydrogens is 492 g/mol. The molecule has 190 valence electrons. The molecule has 9 rings (SSSR count). The van der Waals surface area contributed by atoms with E-state index in [1.807, 2.05) is 18.2 Å². The van der Waals surface area contributed by atoms with Crippen molar-refractivity contribution in [2.45, 2.75) is 13.1 Å². The van der Waals surface area contributed by atoms with Gasteiger partial charge in [0.15, 0.2) is 11.2 Å². The van der Waals surface area contributed by atoms with E-state index in [0.29, 0.717) is 0 Å². The van der Waals surface area contributed by atoms with Gasteiger partial charge in [-0.2, -0.15) is 0 Å². The number of fused-ring (bicyclic) bond motifs is 9. The number of hydrogen-bond donors (Lipinski definition) is 1. The minimum absolute atomic E-state index is 0.200. The molecule has 0 aliphatic carbocycles. The van der Waals surface area contributed by atoms with Crippen molar-refractivity contribution in [3.8, 4) is 11.1 Å². The van der Waals surface area contributed by atoms with Crippen molar-refractivity contribution in [3.63, 3.8) is 0 Å². The van der Waals surface area contributed by atoms with E-state index in [1.54, 1.807) is 0 Å². The molecule has 1 aliphatic rings. The van der Waals surface area contributed by atoms with Crippen LogP contribution in [0.4, 0.5) is 17.1 Å². The summed E-state index contributed by atoms with van der Waals surface area (Å²) in [6, 6.07) is 40.8. The van der Waals surface area contributed by atoms with Crippen molar-refractivity contribution in [2.24, 2.45) is 0 Å². The molecule has 4 heteroatoms. The second-order valence-electron chi connectivity index (χ2n) is 10.7. The monoisotopic (exact) mass is 516 g/mol. The number of furan rings is 2. The molecule has 0 saturated heterocycles. The Bertz CT molecular complexity index is 2290. The van der Waals surface area contributed by atoms with Gasteiger partial charge in [0, 0.05) is 27.2 Å². The Balaban J connectivity index is 1.13. The van der Waals surface area contributed by atoms with E-state index in [0.717, 1.165) is 49.4 Å². The molecular formula is C36H24N2O2. The number of rotatable bonds is 2. The summed E-state index contributed by atoms with van der Waals surface area (Å²) in [6.45, 7) is 2.20. The molecule has 0 bridgehead atoms. The fourth-order valence-corrected chi connectivity index (χ4v) is 6.43. The van der Waals surface area contributed by atoms with Crippen molar-refractivity contribution in [1.82, 2.24) is 0 Å². The first kappa shape index (κ1) is 21.7. The molecule has 0 amide bonds. The Morgan fingerprint density at radius 3 is 2.15 bits per heavy atom. The van der Waals surface area contributed by atoms with Gasteiger partial charge in [0.1, 0.15) is 17.3 Å². The van der Waals surface area contributed by atoms with Crippen LogP contribution in [0.3, 0.4) is 0 Å². The summed E-state index contributed by atoms with van der Waals surface area (Å²) in [5.74, 6) is 0. The van der Waals surface area contributed by atoms with Crippen LogP contribution in [0.2, 0.25) is 0 Å². The predicted molar refractivity (Wildman–Crippen MR) is 166 cm³/mol. The molecule has 40 heavy (non-hydrogen) atoms. The van der Waals surface area contributed by atoms with Crippen LogP contribution in [0.1, 0.15) is 6.92 Å². The van der Waals surface area contributed by atoms with E-state index in [9.17, 15) is 0 Å². The van der Waals surface area contributed by atoms with Gasteiger partial charge in [-0.3, -0.25) is 0 Å². The lowest BCUT2D eigenvalue weighted by Gasteiger charge is -2.24. The molecule has 0 spiro atoms. The third-order valence-corrected chi connectivity index (χ3v) is 8.33. The number of nitrogens with one attached hydrogen (secondary N) is 1. The van der Waals surface area contributed by atoms with E-state index in [4.69, 9.17) is 8.83 Å². The van der Waals surface area contributed by atoms with E-state index in [1.165, 1.54) is 33.4 Å². The molecule has 0 radical (unpaired) electrons. The summed E-state index contributed by atoms with van der Waals surface area (Å²) >= 11 is 0. The van der Waals surface area contributed by atoms with Crippen molar-refractivity contribution in [3.05, 3.63) is 115 Å². The smallest absolute Gasteiger partial charge is 0.178 e. The average molecular weight is 517 g/mol. The van der Waals surface area contributed by atoms with Crippen molar-refractivity contribution >= 4 is 71.7 Å². The van der Waals surface area contributed by atoms with Crippen LogP contribution >= 0.6 is 0 Å². The zero-order valence-electron chi connectivity index (χ0n) is 21.8. The first-order valence-electron chi connectivity index (χ1n) is 13.7. The van der Waals surface area contributed by atoms with Crippen molar-refractivity contribution in [1.29, 1.82) is 0 Å². The maximum atomic E-state index is 6.35. The van der Waals surface area contributed by atoms with Crippen LogP contribution in [-0.4, -0.2) is 6.17 Å². The standard InChI is InChI=1S/C36H24N2O2/c1-21-37-31-7-3-4-8-32(31)38(21)26-14-12-23-18-22(10-11-24(23)19-26)25-13-17-34-30(20-25)29-16-15-28-27-6-2-5-9-33(27)39-35(28)36(29)40-34/h2-21,37H,1H3. The molecule has 1 N–H and O–H groups in total. The van der Waals surface area contributed by atoms with Crippen LogP contribution < -0.4 is 10.2 Å². The minimum Gasteiger partial charge on any atom is -0.452 e. The Hall–Kier alpha value is -5.22. The zero-order valence-corrected chi connectivity index (χ0v) is 21.8. The van der Waals surface area contributed by atoms with Crippen molar-refractivity contribution < 1.29 is 8.83 Å². The van der Waals surface area contributed by atoms with E-state index >= 15 is 0 Å². The van der Waals surface area contributed by atoms with E-state index in [-0.39, 0.29) is 6.17 Å². The lowest BCUT2D eigenvalue weighted by atomic mass is 9.99. The molecule has 8 aromatic rings. The summed E-state index contributed by atoms with van der Waals surface area (Å²) in [7, 11) is 0.